The molecular weight excluding hydrogens is 276 g/mol. The first-order valence-electron chi connectivity index (χ1n) is 5.52. The first-order chi connectivity index (χ1) is 8.22. The average molecular weight is 291 g/mol. The van der Waals surface area contributed by atoms with Crippen LogP contribution in [0.15, 0.2) is 42.6 Å². The van der Waals surface area contributed by atoms with Gasteiger partial charge in [0.2, 0.25) is 0 Å². The Morgan fingerprint density at radius 1 is 1.18 bits per heavy atom. The van der Waals surface area contributed by atoms with Gasteiger partial charge in [-0.05, 0) is 25.1 Å². The molecule has 1 aromatic heterocycles. The predicted molar refractivity (Wildman–Crippen MR) is 76.1 cm³/mol. The molecular formula is C14H15BrN2. The number of hydrogen-bond acceptors (Lipinski definition) is 2. The molecule has 0 saturated carbocycles. The summed E-state index contributed by atoms with van der Waals surface area (Å²) in [5.74, 6) is 0.994. The molecule has 2 nitrogen and oxygen atoms in total. The fourth-order valence-electron chi connectivity index (χ4n) is 1.73. The lowest BCUT2D eigenvalue weighted by atomic mass is 10.2. The summed E-state index contributed by atoms with van der Waals surface area (Å²) in [5, 5.41) is 0.812. The summed E-state index contributed by atoms with van der Waals surface area (Å²) < 4.78 is 0. The third-order valence-electron chi connectivity index (χ3n) is 2.75. The van der Waals surface area contributed by atoms with Crippen molar-refractivity contribution < 1.29 is 0 Å². The molecule has 2 rings (SSSR count). The number of aryl methyl sites for hydroxylation is 1. The third kappa shape index (κ3) is 2.67. The van der Waals surface area contributed by atoms with Gasteiger partial charge in [0.1, 0.15) is 5.82 Å². The largest absolute Gasteiger partial charge is 0.329 e. The van der Waals surface area contributed by atoms with E-state index in [2.05, 4.69) is 63.1 Å². The lowest BCUT2D eigenvalue weighted by molar-refractivity contribution is 1.10. The van der Waals surface area contributed by atoms with Crippen molar-refractivity contribution in [3.05, 3.63) is 53.7 Å². The van der Waals surface area contributed by atoms with Gasteiger partial charge in [-0.2, -0.15) is 0 Å². The fourth-order valence-corrected chi connectivity index (χ4v) is 2.16. The highest BCUT2D eigenvalue weighted by Crippen LogP contribution is 2.26. The monoisotopic (exact) mass is 290 g/mol. The highest BCUT2D eigenvalue weighted by Gasteiger charge is 2.09. The van der Waals surface area contributed by atoms with Crippen molar-refractivity contribution >= 4 is 27.4 Å². The second-order valence-electron chi connectivity index (χ2n) is 4.01. The SMILES string of the molecule is Cc1ccc(N(C)c2ncccc2CBr)cc1. The number of nitrogens with zero attached hydrogens (tertiary/aromatic N) is 2. The number of anilines is 2. The molecule has 0 saturated heterocycles. The molecule has 0 aliphatic heterocycles. The molecule has 0 amide bonds. The van der Waals surface area contributed by atoms with E-state index in [0.29, 0.717) is 0 Å². The van der Waals surface area contributed by atoms with Crippen LogP contribution >= 0.6 is 15.9 Å². The van der Waals surface area contributed by atoms with Crippen molar-refractivity contribution in [3.63, 3.8) is 0 Å². The zero-order valence-corrected chi connectivity index (χ0v) is 11.6. The number of aromatic nitrogens is 1. The fraction of sp³-hybridized carbons (Fsp3) is 0.214. The van der Waals surface area contributed by atoms with E-state index in [0.717, 1.165) is 16.8 Å². The van der Waals surface area contributed by atoms with E-state index < -0.39 is 0 Å². The van der Waals surface area contributed by atoms with Gasteiger partial charge in [-0.1, -0.05) is 39.7 Å². The lowest BCUT2D eigenvalue weighted by Crippen LogP contribution is -2.12. The molecule has 1 heterocycles. The van der Waals surface area contributed by atoms with Crippen molar-refractivity contribution in [2.75, 3.05) is 11.9 Å². The van der Waals surface area contributed by atoms with E-state index in [4.69, 9.17) is 0 Å². The van der Waals surface area contributed by atoms with Crippen LogP contribution in [0.4, 0.5) is 11.5 Å². The number of benzene rings is 1. The van der Waals surface area contributed by atoms with Crippen LogP contribution in [0.25, 0.3) is 0 Å². The van der Waals surface area contributed by atoms with Crippen LogP contribution in [0.1, 0.15) is 11.1 Å². The van der Waals surface area contributed by atoms with Gasteiger partial charge in [-0.3, -0.25) is 0 Å². The molecule has 17 heavy (non-hydrogen) atoms. The molecule has 2 aromatic rings. The molecule has 0 spiro atoms. The molecule has 0 fully saturated rings. The first kappa shape index (κ1) is 12.1. The van der Waals surface area contributed by atoms with Gasteiger partial charge in [0.05, 0.1) is 0 Å². The van der Waals surface area contributed by atoms with Crippen molar-refractivity contribution in [1.29, 1.82) is 0 Å². The van der Waals surface area contributed by atoms with E-state index in [1.165, 1.54) is 11.1 Å². The smallest absolute Gasteiger partial charge is 0.136 e. The van der Waals surface area contributed by atoms with E-state index in [9.17, 15) is 0 Å². The standard InChI is InChI=1S/C14H15BrN2/c1-11-5-7-13(8-6-11)17(2)14-12(10-15)4-3-9-16-14/h3-9H,10H2,1-2H3. The van der Waals surface area contributed by atoms with Crippen LogP contribution in [0.5, 0.6) is 0 Å². The number of halogens is 1. The maximum atomic E-state index is 4.44. The van der Waals surface area contributed by atoms with Gasteiger partial charge in [0.25, 0.3) is 0 Å². The minimum Gasteiger partial charge on any atom is -0.329 e. The molecule has 0 atom stereocenters. The molecule has 0 aliphatic carbocycles. The van der Waals surface area contributed by atoms with Crippen LogP contribution < -0.4 is 4.90 Å². The average Bonchev–Trinajstić information content (AvgIpc) is 2.39. The molecule has 3 heteroatoms. The molecule has 0 aliphatic rings. The molecule has 0 radical (unpaired) electrons. The summed E-state index contributed by atoms with van der Waals surface area (Å²) in [5.41, 5.74) is 3.61. The molecule has 88 valence electrons. The second-order valence-corrected chi connectivity index (χ2v) is 4.58. The summed E-state index contributed by atoms with van der Waals surface area (Å²) in [6.07, 6.45) is 1.83. The van der Waals surface area contributed by atoms with Crippen LogP contribution in [0.2, 0.25) is 0 Å². The van der Waals surface area contributed by atoms with Crippen molar-refractivity contribution in [2.45, 2.75) is 12.3 Å². The zero-order chi connectivity index (χ0) is 12.3. The Morgan fingerprint density at radius 2 is 1.88 bits per heavy atom. The lowest BCUT2D eigenvalue weighted by Gasteiger charge is -2.20. The van der Waals surface area contributed by atoms with Crippen molar-refractivity contribution in [1.82, 2.24) is 4.98 Å². The van der Waals surface area contributed by atoms with Gasteiger partial charge in [0, 0.05) is 29.8 Å². The van der Waals surface area contributed by atoms with Crippen LogP contribution in [-0.2, 0) is 5.33 Å². The molecule has 0 N–H and O–H groups in total. The Labute approximate surface area is 110 Å². The summed E-state index contributed by atoms with van der Waals surface area (Å²) in [6.45, 7) is 2.09. The van der Waals surface area contributed by atoms with Crippen LogP contribution in [-0.4, -0.2) is 12.0 Å². The molecule has 0 bridgehead atoms. The van der Waals surface area contributed by atoms with E-state index in [-0.39, 0.29) is 0 Å². The number of rotatable bonds is 3. The minimum absolute atomic E-state index is 0.812. The Balaban J connectivity index is 2.36. The first-order valence-corrected chi connectivity index (χ1v) is 6.65. The van der Waals surface area contributed by atoms with Crippen LogP contribution in [0.3, 0.4) is 0 Å². The topological polar surface area (TPSA) is 16.1 Å². The van der Waals surface area contributed by atoms with Crippen LogP contribution in [0, 0.1) is 6.92 Å². The van der Waals surface area contributed by atoms with Crippen molar-refractivity contribution in [3.8, 4) is 0 Å². The minimum atomic E-state index is 0.812. The number of pyridine rings is 1. The van der Waals surface area contributed by atoms with Gasteiger partial charge >= 0.3 is 0 Å². The van der Waals surface area contributed by atoms with Gasteiger partial charge in [0.15, 0.2) is 0 Å². The van der Waals surface area contributed by atoms with Crippen molar-refractivity contribution in [2.24, 2.45) is 0 Å². The molecule has 0 unspecified atom stereocenters. The van der Waals surface area contributed by atoms with Gasteiger partial charge in [-0.25, -0.2) is 4.98 Å². The summed E-state index contributed by atoms with van der Waals surface area (Å²) in [7, 11) is 2.04. The quantitative estimate of drug-likeness (QED) is 0.793. The number of alkyl halides is 1. The van der Waals surface area contributed by atoms with E-state index in [1.807, 2.05) is 19.3 Å². The maximum absolute atomic E-state index is 4.44. The Bertz CT molecular complexity index is 494. The summed E-state index contributed by atoms with van der Waals surface area (Å²) in [4.78, 5) is 6.55. The van der Waals surface area contributed by atoms with E-state index >= 15 is 0 Å². The Morgan fingerprint density at radius 3 is 2.53 bits per heavy atom. The zero-order valence-electron chi connectivity index (χ0n) is 10.0. The second kappa shape index (κ2) is 5.32. The maximum Gasteiger partial charge on any atom is 0.136 e. The summed E-state index contributed by atoms with van der Waals surface area (Å²) >= 11 is 3.49. The Hall–Kier alpha value is -1.35. The van der Waals surface area contributed by atoms with Gasteiger partial charge < -0.3 is 4.90 Å². The Kier molecular flexibility index (Phi) is 3.79. The highest BCUT2D eigenvalue weighted by atomic mass is 79.9. The normalized spacial score (nSPS) is 10.3. The third-order valence-corrected chi connectivity index (χ3v) is 3.35. The van der Waals surface area contributed by atoms with Gasteiger partial charge in [-0.15, -0.1) is 0 Å². The highest BCUT2D eigenvalue weighted by molar-refractivity contribution is 9.08. The van der Waals surface area contributed by atoms with E-state index in [1.54, 1.807) is 0 Å². The predicted octanol–water partition coefficient (Wildman–Crippen LogP) is 4.05. The number of hydrogen-bond donors (Lipinski definition) is 0. The molecule has 1 aromatic carbocycles. The summed E-state index contributed by atoms with van der Waals surface area (Å²) in [6, 6.07) is 12.5.